The van der Waals surface area contributed by atoms with Gasteiger partial charge in [0, 0.05) is 20.1 Å². The Morgan fingerprint density at radius 3 is 2.17 bits per heavy atom. The molecule has 1 aromatic rings. The SMILES string of the molecule is CCN(CC)C(=O)CN(C)C(=O)[C@H](C)NS(=O)(=O)c1ccccc1. The number of benzene rings is 1. The molecule has 0 fully saturated rings. The van der Waals surface area contributed by atoms with E-state index in [1.165, 1.54) is 31.0 Å². The van der Waals surface area contributed by atoms with Gasteiger partial charge in [-0.05, 0) is 32.9 Å². The fraction of sp³-hybridized carbons (Fsp3) is 0.500. The van der Waals surface area contributed by atoms with Crippen molar-refractivity contribution < 1.29 is 18.0 Å². The molecule has 1 N–H and O–H groups in total. The molecule has 134 valence electrons. The molecule has 0 aliphatic heterocycles. The first-order valence-electron chi connectivity index (χ1n) is 7.83. The van der Waals surface area contributed by atoms with Gasteiger partial charge in [0.05, 0.1) is 17.5 Å². The number of carbonyl (C=O) groups is 2. The van der Waals surface area contributed by atoms with Crippen molar-refractivity contribution in [3.05, 3.63) is 30.3 Å². The number of hydrogen-bond acceptors (Lipinski definition) is 4. The molecule has 0 radical (unpaired) electrons. The minimum atomic E-state index is -3.79. The minimum absolute atomic E-state index is 0.0854. The van der Waals surface area contributed by atoms with Crippen LogP contribution in [0.3, 0.4) is 0 Å². The van der Waals surface area contributed by atoms with Crippen molar-refractivity contribution in [2.24, 2.45) is 0 Å². The fourth-order valence-corrected chi connectivity index (χ4v) is 3.46. The lowest BCUT2D eigenvalue weighted by Gasteiger charge is -2.25. The van der Waals surface area contributed by atoms with Gasteiger partial charge >= 0.3 is 0 Å². The van der Waals surface area contributed by atoms with Gasteiger partial charge in [-0.1, -0.05) is 18.2 Å². The van der Waals surface area contributed by atoms with Gasteiger partial charge < -0.3 is 9.80 Å². The van der Waals surface area contributed by atoms with Gasteiger partial charge in [-0.2, -0.15) is 4.72 Å². The van der Waals surface area contributed by atoms with Crippen molar-refractivity contribution in [2.75, 3.05) is 26.7 Å². The predicted molar refractivity (Wildman–Crippen MR) is 91.8 cm³/mol. The summed E-state index contributed by atoms with van der Waals surface area (Å²) < 4.78 is 26.8. The molecule has 0 aliphatic carbocycles. The topological polar surface area (TPSA) is 86.8 Å². The summed E-state index contributed by atoms with van der Waals surface area (Å²) in [5, 5.41) is 0. The van der Waals surface area contributed by atoms with E-state index in [1.54, 1.807) is 23.1 Å². The van der Waals surface area contributed by atoms with Crippen molar-refractivity contribution >= 4 is 21.8 Å². The van der Waals surface area contributed by atoms with E-state index in [-0.39, 0.29) is 17.3 Å². The molecule has 0 unspecified atom stereocenters. The van der Waals surface area contributed by atoms with Crippen molar-refractivity contribution in [3.63, 3.8) is 0 Å². The number of likely N-dealkylation sites (N-methyl/N-ethyl adjacent to an activating group) is 2. The van der Waals surface area contributed by atoms with E-state index >= 15 is 0 Å². The van der Waals surface area contributed by atoms with Crippen LogP contribution in [-0.4, -0.2) is 62.8 Å². The third-order valence-corrected chi connectivity index (χ3v) is 5.18. The molecule has 2 amide bonds. The number of sulfonamides is 1. The van der Waals surface area contributed by atoms with Crippen molar-refractivity contribution in [1.82, 2.24) is 14.5 Å². The molecule has 8 heteroatoms. The maximum atomic E-state index is 12.3. The zero-order chi connectivity index (χ0) is 18.3. The van der Waals surface area contributed by atoms with Gasteiger partial charge in [0.2, 0.25) is 21.8 Å². The average Bonchev–Trinajstić information content (AvgIpc) is 2.55. The smallest absolute Gasteiger partial charge is 0.242 e. The molecule has 1 aromatic carbocycles. The maximum absolute atomic E-state index is 12.3. The van der Waals surface area contributed by atoms with Crippen molar-refractivity contribution in [3.8, 4) is 0 Å². The molecule has 1 atom stereocenters. The second kappa shape index (κ2) is 8.79. The first-order valence-corrected chi connectivity index (χ1v) is 9.31. The summed E-state index contributed by atoms with van der Waals surface area (Å²) in [7, 11) is -2.30. The second-order valence-electron chi connectivity index (χ2n) is 5.42. The van der Waals surface area contributed by atoms with Crippen LogP contribution in [0.4, 0.5) is 0 Å². The molecular formula is C16H25N3O4S. The summed E-state index contributed by atoms with van der Waals surface area (Å²) in [5.41, 5.74) is 0. The van der Waals surface area contributed by atoms with Crippen LogP contribution >= 0.6 is 0 Å². The Morgan fingerprint density at radius 2 is 1.67 bits per heavy atom. The monoisotopic (exact) mass is 355 g/mol. The second-order valence-corrected chi connectivity index (χ2v) is 7.13. The van der Waals surface area contributed by atoms with Crippen LogP contribution in [0.5, 0.6) is 0 Å². The van der Waals surface area contributed by atoms with Gasteiger partial charge in [0.1, 0.15) is 0 Å². The summed E-state index contributed by atoms with van der Waals surface area (Å²) >= 11 is 0. The number of nitrogens with zero attached hydrogens (tertiary/aromatic N) is 2. The van der Waals surface area contributed by atoms with Gasteiger partial charge in [-0.15, -0.1) is 0 Å². The lowest BCUT2D eigenvalue weighted by Crippen LogP contribution is -2.48. The normalized spacial score (nSPS) is 12.5. The molecule has 0 aromatic heterocycles. The van der Waals surface area contributed by atoms with Crippen LogP contribution in [0.2, 0.25) is 0 Å². The van der Waals surface area contributed by atoms with Crippen LogP contribution in [-0.2, 0) is 19.6 Å². The lowest BCUT2D eigenvalue weighted by molar-refractivity contribution is -0.139. The largest absolute Gasteiger partial charge is 0.342 e. The van der Waals surface area contributed by atoms with E-state index in [0.29, 0.717) is 13.1 Å². The van der Waals surface area contributed by atoms with Gasteiger partial charge in [-0.25, -0.2) is 8.42 Å². The molecule has 1 rings (SSSR count). The van der Waals surface area contributed by atoms with Crippen molar-refractivity contribution in [1.29, 1.82) is 0 Å². The van der Waals surface area contributed by atoms with Gasteiger partial charge in [0.25, 0.3) is 0 Å². The van der Waals surface area contributed by atoms with Gasteiger partial charge in [-0.3, -0.25) is 9.59 Å². The Morgan fingerprint density at radius 1 is 1.12 bits per heavy atom. The summed E-state index contributed by atoms with van der Waals surface area (Å²) in [6.45, 7) is 6.22. The van der Waals surface area contributed by atoms with Gasteiger partial charge in [0.15, 0.2) is 0 Å². The molecular weight excluding hydrogens is 330 g/mol. The fourth-order valence-electron chi connectivity index (χ4n) is 2.24. The Balaban J connectivity index is 2.72. The van der Waals surface area contributed by atoms with E-state index in [9.17, 15) is 18.0 Å². The maximum Gasteiger partial charge on any atom is 0.242 e. The molecule has 0 heterocycles. The summed E-state index contributed by atoms with van der Waals surface area (Å²) in [4.78, 5) is 27.3. The highest BCUT2D eigenvalue weighted by molar-refractivity contribution is 7.89. The molecule has 24 heavy (non-hydrogen) atoms. The molecule has 0 bridgehead atoms. The highest BCUT2D eigenvalue weighted by Crippen LogP contribution is 2.08. The van der Waals surface area contributed by atoms with E-state index < -0.39 is 22.0 Å². The van der Waals surface area contributed by atoms with E-state index in [0.717, 1.165) is 0 Å². The quantitative estimate of drug-likeness (QED) is 0.743. The number of nitrogens with one attached hydrogen (secondary N) is 1. The lowest BCUT2D eigenvalue weighted by atomic mass is 10.3. The number of amides is 2. The molecule has 0 saturated carbocycles. The molecule has 7 nitrogen and oxygen atoms in total. The first-order chi connectivity index (χ1) is 11.2. The summed E-state index contributed by atoms with van der Waals surface area (Å²) in [5.74, 6) is -0.635. The number of rotatable bonds is 8. The first kappa shape index (κ1) is 20.1. The average molecular weight is 355 g/mol. The third kappa shape index (κ3) is 5.31. The van der Waals surface area contributed by atoms with Crippen LogP contribution in [0.25, 0.3) is 0 Å². The number of carbonyl (C=O) groups excluding carboxylic acids is 2. The van der Waals surface area contributed by atoms with Crippen molar-refractivity contribution in [2.45, 2.75) is 31.7 Å². The molecule has 0 aliphatic rings. The Labute approximate surface area is 143 Å². The highest BCUT2D eigenvalue weighted by atomic mass is 32.2. The summed E-state index contributed by atoms with van der Waals surface area (Å²) in [6, 6.07) is 6.86. The summed E-state index contributed by atoms with van der Waals surface area (Å²) in [6.07, 6.45) is 0. The molecule has 0 saturated heterocycles. The third-order valence-electron chi connectivity index (χ3n) is 3.62. The molecule has 0 spiro atoms. The Bertz CT molecular complexity index is 657. The van der Waals surface area contributed by atoms with E-state index in [1.807, 2.05) is 13.8 Å². The van der Waals surface area contributed by atoms with Crippen LogP contribution in [0, 0.1) is 0 Å². The highest BCUT2D eigenvalue weighted by Gasteiger charge is 2.25. The minimum Gasteiger partial charge on any atom is -0.342 e. The zero-order valence-electron chi connectivity index (χ0n) is 14.5. The Kier molecular flexibility index (Phi) is 7.37. The van der Waals surface area contributed by atoms with E-state index in [4.69, 9.17) is 0 Å². The zero-order valence-corrected chi connectivity index (χ0v) is 15.3. The standard InChI is InChI=1S/C16H25N3O4S/c1-5-19(6-2)15(20)12-18(4)16(21)13(3)17-24(22,23)14-10-8-7-9-11-14/h7-11,13,17H,5-6,12H2,1-4H3/t13-/m0/s1. The Hall–Kier alpha value is -1.93. The van der Waals surface area contributed by atoms with Crippen LogP contribution < -0.4 is 4.72 Å². The van der Waals surface area contributed by atoms with E-state index in [2.05, 4.69) is 4.72 Å². The predicted octanol–water partition coefficient (Wildman–Crippen LogP) is 0.680. The number of hydrogen-bond donors (Lipinski definition) is 1. The van der Waals surface area contributed by atoms with Crippen LogP contribution in [0.1, 0.15) is 20.8 Å². The van der Waals surface area contributed by atoms with Crippen LogP contribution in [0.15, 0.2) is 35.2 Å².